The molecular weight excluding hydrogens is 406 g/mol. The number of benzene rings is 1. The lowest BCUT2D eigenvalue weighted by molar-refractivity contribution is 0.0953. The molecule has 0 N–H and O–H groups in total. The zero-order chi connectivity index (χ0) is 18.6. The van der Waals surface area contributed by atoms with Gasteiger partial charge in [0.25, 0.3) is 0 Å². The van der Waals surface area contributed by atoms with Crippen LogP contribution in [0.3, 0.4) is 0 Å². The van der Waals surface area contributed by atoms with Gasteiger partial charge in [-0.2, -0.15) is 0 Å². The molecule has 3 heterocycles. The van der Waals surface area contributed by atoms with Crippen LogP contribution in [0.15, 0.2) is 29.4 Å². The van der Waals surface area contributed by atoms with Gasteiger partial charge < -0.3 is 9.47 Å². The van der Waals surface area contributed by atoms with E-state index in [1.54, 1.807) is 18.9 Å². The molecule has 0 radical (unpaired) electrons. The van der Waals surface area contributed by atoms with Crippen LogP contribution in [0.2, 0.25) is 4.34 Å². The number of hydrogen-bond donors (Lipinski definition) is 0. The summed E-state index contributed by atoms with van der Waals surface area (Å²) in [5.41, 5.74) is 1.76. The van der Waals surface area contributed by atoms with E-state index >= 15 is 0 Å². The van der Waals surface area contributed by atoms with Crippen molar-refractivity contribution >= 4 is 34.9 Å². The van der Waals surface area contributed by atoms with Crippen molar-refractivity contribution in [3.63, 3.8) is 0 Å². The van der Waals surface area contributed by atoms with E-state index in [1.165, 1.54) is 11.5 Å². The van der Waals surface area contributed by atoms with Gasteiger partial charge >= 0.3 is 0 Å². The Morgan fingerprint density at radius 3 is 2.81 bits per heavy atom. The van der Waals surface area contributed by atoms with Gasteiger partial charge in [0.2, 0.25) is 0 Å². The van der Waals surface area contributed by atoms with Gasteiger partial charge in [-0.05, 0) is 37.1 Å². The summed E-state index contributed by atoms with van der Waals surface area (Å²) in [6, 6.07) is 7.83. The first-order chi connectivity index (χ1) is 13.2. The van der Waals surface area contributed by atoms with Crippen LogP contribution < -0.4 is 4.74 Å². The normalized spacial score (nSPS) is 16.7. The van der Waals surface area contributed by atoms with Gasteiger partial charge in [0.1, 0.15) is 15.8 Å². The van der Waals surface area contributed by atoms with E-state index in [4.69, 9.17) is 21.1 Å². The maximum Gasteiger partial charge on any atom is 0.191 e. The fourth-order valence-corrected chi connectivity index (χ4v) is 4.60. The molecule has 1 atom stereocenters. The van der Waals surface area contributed by atoms with E-state index in [1.807, 2.05) is 24.3 Å². The number of halogens is 1. The molecule has 3 aromatic rings. The molecule has 27 heavy (non-hydrogen) atoms. The minimum Gasteiger partial charge on any atom is -0.497 e. The minimum absolute atomic E-state index is 0.182. The van der Waals surface area contributed by atoms with Crippen LogP contribution in [0, 0.1) is 0 Å². The number of ether oxygens (including phenoxy) is 2. The molecule has 1 unspecified atom stereocenters. The average molecular weight is 424 g/mol. The third-order valence-electron chi connectivity index (χ3n) is 4.32. The first kappa shape index (κ1) is 18.7. The van der Waals surface area contributed by atoms with E-state index in [9.17, 15) is 0 Å². The molecule has 0 bridgehead atoms. The first-order valence-electron chi connectivity index (χ1n) is 8.53. The fourth-order valence-electron chi connectivity index (χ4n) is 2.92. The zero-order valence-corrected chi connectivity index (χ0v) is 17.1. The van der Waals surface area contributed by atoms with Crippen LogP contribution in [0.4, 0.5) is 0 Å². The Morgan fingerprint density at radius 2 is 2.15 bits per heavy atom. The standard InChI is InChI=1S/C17H18ClN5O2S2/c1-24-12-6-4-11(5-7-12)16-20-21-17(23(16)9-13-3-2-8-25-13)26-10-14-15(18)27-22-19-14/h4-7,13H,2-3,8-10H2,1H3. The predicted molar refractivity (Wildman–Crippen MR) is 105 cm³/mol. The Morgan fingerprint density at radius 1 is 1.30 bits per heavy atom. The van der Waals surface area contributed by atoms with Crippen molar-refractivity contribution in [2.75, 3.05) is 13.7 Å². The molecule has 0 aliphatic carbocycles. The average Bonchev–Trinajstić information content (AvgIpc) is 3.43. The van der Waals surface area contributed by atoms with Crippen molar-refractivity contribution in [3.05, 3.63) is 34.3 Å². The predicted octanol–water partition coefficient (Wildman–Crippen LogP) is 3.93. The Bertz CT molecular complexity index is 893. The summed E-state index contributed by atoms with van der Waals surface area (Å²) in [6.45, 7) is 1.53. The molecule has 4 rings (SSSR count). The van der Waals surface area contributed by atoms with Crippen LogP contribution in [-0.2, 0) is 17.0 Å². The molecule has 1 fully saturated rings. The Balaban J connectivity index is 1.61. The third kappa shape index (κ3) is 4.26. The molecule has 10 heteroatoms. The topological polar surface area (TPSA) is 75.0 Å². The van der Waals surface area contributed by atoms with Crippen molar-refractivity contribution in [2.45, 2.75) is 36.4 Å². The highest BCUT2D eigenvalue weighted by Gasteiger charge is 2.22. The van der Waals surface area contributed by atoms with Crippen LogP contribution in [0.25, 0.3) is 11.4 Å². The molecule has 1 aromatic carbocycles. The summed E-state index contributed by atoms with van der Waals surface area (Å²) in [6.07, 6.45) is 2.32. The van der Waals surface area contributed by atoms with Gasteiger partial charge in [-0.15, -0.1) is 15.3 Å². The quantitative estimate of drug-likeness (QED) is 0.533. The minimum atomic E-state index is 0.182. The Kier molecular flexibility index (Phi) is 5.92. The molecule has 7 nitrogen and oxygen atoms in total. The van der Waals surface area contributed by atoms with Crippen LogP contribution >= 0.6 is 34.9 Å². The van der Waals surface area contributed by atoms with Crippen molar-refractivity contribution < 1.29 is 9.47 Å². The number of thioether (sulfide) groups is 1. The fraction of sp³-hybridized carbons (Fsp3) is 0.412. The molecule has 2 aromatic heterocycles. The lowest BCUT2D eigenvalue weighted by atomic mass is 10.2. The van der Waals surface area contributed by atoms with Gasteiger partial charge in [0.05, 0.1) is 19.8 Å². The zero-order valence-electron chi connectivity index (χ0n) is 14.7. The molecule has 0 amide bonds. The number of rotatable bonds is 7. The number of aromatic nitrogens is 5. The van der Waals surface area contributed by atoms with E-state index in [-0.39, 0.29) is 6.10 Å². The molecule has 1 aliphatic rings. The van der Waals surface area contributed by atoms with Crippen molar-refractivity contribution in [1.29, 1.82) is 0 Å². The summed E-state index contributed by atoms with van der Waals surface area (Å²) in [7, 11) is 1.65. The smallest absolute Gasteiger partial charge is 0.191 e. The van der Waals surface area contributed by atoms with E-state index < -0.39 is 0 Å². The lowest BCUT2D eigenvalue weighted by Crippen LogP contribution is -2.16. The second-order valence-electron chi connectivity index (χ2n) is 6.06. The van der Waals surface area contributed by atoms with Crippen molar-refractivity contribution in [1.82, 2.24) is 24.4 Å². The summed E-state index contributed by atoms with van der Waals surface area (Å²) in [4.78, 5) is 0. The third-order valence-corrected chi connectivity index (χ3v) is 6.29. The maximum absolute atomic E-state index is 6.12. The van der Waals surface area contributed by atoms with Gasteiger partial charge in [0.15, 0.2) is 11.0 Å². The van der Waals surface area contributed by atoms with Gasteiger partial charge in [-0.1, -0.05) is 27.9 Å². The number of hydrogen-bond acceptors (Lipinski definition) is 8. The summed E-state index contributed by atoms with van der Waals surface area (Å²) >= 11 is 8.86. The molecule has 1 aliphatic heterocycles. The molecule has 1 saturated heterocycles. The van der Waals surface area contributed by atoms with E-state index in [2.05, 4.69) is 24.4 Å². The largest absolute Gasteiger partial charge is 0.497 e. The summed E-state index contributed by atoms with van der Waals surface area (Å²) in [5.74, 6) is 2.23. The molecule has 0 spiro atoms. The highest BCUT2D eigenvalue weighted by molar-refractivity contribution is 7.98. The summed E-state index contributed by atoms with van der Waals surface area (Å²) < 4.78 is 17.7. The Labute approximate surface area is 170 Å². The number of nitrogens with zero attached hydrogens (tertiary/aromatic N) is 5. The second kappa shape index (κ2) is 8.55. The second-order valence-corrected chi connectivity index (χ2v) is 8.36. The maximum atomic E-state index is 6.12. The van der Waals surface area contributed by atoms with Gasteiger partial charge in [-0.3, -0.25) is 4.57 Å². The van der Waals surface area contributed by atoms with Crippen molar-refractivity contribution in [3.8, 4) is 17.1 Å². The monoisotopic (exact) mass is 423 g/mol. The number of methoxy groups -OCH3 is 1. The lowest BCUT2D eigenvalue weighted by Gasteiger charge is -2.14. The molecular formula is C17H18ClN5O2S2. The Hall–Kier alpha value is -1.68. The highest BCUT2D eigenvalue weighted by atomic mass is 35.5. The van der Waals surface area contributed by atoms with E-state index in [0.29, 0.717) is 10.1 Å². The van der Waals surface area contributed by atoms with Crippen LogP contribution in [0.1, 0.15) is 18.5 Å². The van der Waals surface area contributed by atoms with Crippen molar-refractivity contribution in [2.24, 2.45) is 0 Å². The molecule has 142 valence electrons. The van der Waals surface area contributed by atoms with Crippen LogP contribution in [0.5, 0.6) is 5.75 Å². The first-order valence-corrected chi connectivity index (χ1v) is 10.7. The molecule has 0 saturated carbocycles. The highest BCUT2D eigenvalue weighted by Crippen LogP contribution is 2.30. The SMILES string of the molecule is COc1ccc(-c2nnc(SCc3nnsc3Cl)n2CC2CCCO2)cc1. The van der Waals surface area contributed by atoms with Gasteiger partial charge in [-0.25, -0.2) is 0 Å². The van der Waals surface area contributed by atoms with E-state index in [0.717, 1.165) is 54.0 Å². The van der Waals surface area contributed by atoms with Crippen LogP contribution in [-0.4, -0.2) is 44.2 Å². The summed E-state index contributed by atoms with van der Waals surface area (Å²) in [5, 5.41) is 13.7. The van der Waals surface area contributed by atoms with Gasteiger partial charge in [0, 0.05) is 29.5 Å².